The highest BCUT2D eigenvalue weighted by Crippen LogP contribution is 2.19. The van der Waals surface area contributed by atoms with Gasteiger partial charge in [-0.3, -0.25) is 9.59 Å². The lowest BCUT2D eigenvalue weighted by molar-refractivity contribution is -0.128. The van der Waals surface area contributed by atoms with Crippen LogP contribution in [0.15, 0.2) is 34.9 Å². The minimum atomic E-state index is -0.315. The minimum Gasteiger partial charge on any atom is -0.444 e. The second-order valence-electron chi connectivity index (χ2n) is 6.03. The number of halogens is 1. The Morgan fingerprint density at radius 2 is 2.16 bits per heavy atom. The number of aromatic nitrogens is 1. The third-order valence-corrected chi connectivity index (χ3v) is 4.29. The molecule has 0 bridgehead atoms. The van der Waals surface area contributed by atoms with Crippen molar-refractivity contribution in [1.82, 2.24) is 15.2 Å². The third-order valence-electron chi connectivity index (χ3n) is 4.29. The number of benzene rings is 1. The quantitative estimate of drug-likeness (QED) is 0.869. The Balaban J connectivity index is 1.49. The van der Waals surface area contributed by atoms with E-state index in [4.69, 9.17) is 4.42 Å². The fourth-order valence-electron chi connectivity index (χ4n) is 2.86. The monoisotopic (exact) mass is 345 g/mol. The zero-order chi connectivity index (χ0) is 17.8. The van der Waals surface area contributed by atoms with E-state index in [1.807, 2.05) is 6.92 Å². The molecular formula is C18H20FN3O3. The van der Waals surface area contributed by atoms with Crippen LogP contribution in [0.2, 0.25) is 0 Å². The summed E-state index contributed by atoms with van der Waals surface area (Å²) in [5.41, 5.74) is 1.40. The van der Waals surface area contributed by atoms with Crippen LogP contribution in [0.25, 0.3) is 11.5 Å². The second kappa shape index (κ2) is 7.46. The van der Waals surface area contributed by atoms with Crippen LogP contribution in [0.4, 0.5) is 4.39 Å². The first-order valence-electron chi connectivity index (χ1n) is 8.32. The molecule has 7 heteroatoms. The van der Waals surface area contributed by atoms with E-state index in [1.54, 1.807) is 17.0 Å². The van der Waals surface area contributed by atoms with E-state index in [1.165, 1.54) is 18.4 Å². The molecule has 0 aliphatic carbocycles. The number of rotatable bonds is 6. The summed E-state index contributed by atoms with van der Waals surface area (Å²) in [5, 5.41) is 2.85. The molecule has 1 fully saturated rings. The van der Waals surface area contributed by atoms with E-state index in [2.05, 4.69) is 10.3 Å². The van der Waals surface area contributed by atoms with Gasteiger partial charge in [0.1, 0.15) is 12.1 Å². The number of nitrogens with zero attached hydrogens (tertiary/aromatic N) is 2. The standard InChI is InChI=1S/C18H20FN3O3/c1-2-22-10-13(9-16(22)23)17(24)20-8-7-15-11-25-18(21-15)12-3-5-14(19)6-4-12/h3-6,11,13H,2,7-10H2,1H3,(H,20,24). The van der Waals surface area contributed by atoms with Gasteiger partial charge in [-0.1, -0.05) is 0 Å². The van der Waals surface area contributed by atoms with Crippen LogP contribution in [0, 0.1) is 11.7 Å². The first kappa shape index (κ1) is 17.1. The van der Waals surface area contributed by atoms with Gasteiger partial charge >= 0.3 is 0 Å². The van der Waals surface area contributed by atoms with Gasteiger partial charge in [-0.2, -0.15) is 0 Å². The molecule has 1 unspecified atom stereocenters. The normalized spacial score (nSPS) is 17.1. The molecule has 2 heterocycles. The van der Waals surface area contributed by atoms with Crippen molar-refractivity contribution < 1.29 is 18.4 Å². The van der Waals surface area contributed by atoms with Gasteiger partial charge in [0.2, 0.25) is 17.7 Å². The van der Waals surface area contributed by atoms with Crippen LogP contribution < -0.4 is 5.32 Å². The molecule has 1 aliphatic heterocycles. The Morgan fingerprint density at radius 3 is 2.84 bits per heavy atom. The van der Waals surface area contributed by atoms with Crippen LogP contribution in [-0.2, 0) is 16.0 Å². The molecule has 0 saturated carbocycles. The molecule has 2 amide bonds. The van der Waals surface area contributed by atoms with Gasteiger partial charge in [-0.05, 0) is 31.2 Å². The van der Waals surface area contributed by atoms with Gasteiger partial charge in [-0.25, -0.2) is 9.37 Å². The minimum absolute atomic E-state index is 0.0306. The summed E-state index contributed by atoms with van der Waals surface area (Å²) in [6, 6.07) is 5.90. The van der Waals surface area contributed by atoms with E-state index in [9.17, 15) is 14.0 Å². The molecule has 1 saturated heterocycles. The number of nitrogens with one attached hydrogen (secondary N) is 1. The van der Waals surface area contributed by atoms with Crippen LogP contribution in [0.5, 0.6) is 0 Å². The number of amides is 2. The maximum Gasteiger partial charge on any atom is 0.226 e. The van der Waals surface area contributed by atoms with Crippen LogP contribution in [0.3, 0.4) is 0 Å². The molecule has 132 valence electrons. The van der Waals surface area contributed by atoms with Crippen LogP contribution in [0.1, 0.15) is 19.0 Å². The van der Waals surface area contributed by atoms with Crippen molar-refractivity contribution in [2.24, 2.45) is 5.92 Å². The van der Waals surface area contributed by atoms with Crippen molar-refractivity contribution in [3.63, 3.8) is 0 Å². The maximum absolute atomic E-state index is 12.9. The highest BCUT2D eigenvalue weighted by molar-refractivity contribution is 5.89. The third kappa shape index (κ3) is 4.04. The van der Waals surface area contributed by atoms with Crippen LogP contribution >= 0.6 is 0 Å². The second-order valence-corrected chi connectivity index (χ2v) is 6.03. The highest BCUT2D eigenvalue weighted by Gasteiger charge is 2.33. The maximum atomic E-state index is 12.9. The van der Waals surface area contributed by atoms with E-state index in [-0.39, 0.29) is 30.0 Å². The summed E-state index contributed by atoms with van der Waals surface area (Å²) >= 11 is 0. The average molecular weight is 345 g/mol. The summed E-state index contributed by atoms with van der Waals surface area (Å²) in [5.74, 6) is -0.249. The molecule has 25 heavy (non-hydrogen) atoms. The Bertz CT molecular complexity index is 757. The number of carbonyl (C=O) groups is 2. The SMILES string of the molecule is CCN1CC(C(=O)NCCc2coc(-c3ccc(F)cc3)n2)CC1=O. The van der Waals surface area contributed by atoms with E-state index in [0.717, 1.165) is 0 Å². The highest BCUT2D eigenvalue weighted by atomic mass is 19.1. The topological polar surface area (TPSA) is 75.4 Å². The molecule has 3 rings (SSSR count). The first-order valence-corrected chi connectivity index (χ1v) is 8.32. The molecule has 1 aliphatic rings. The van der Waals surface area contributed by atoms with E-state index in [0.29, 0.717) is 43.2 Å². The van der Waals surface area contributed by atoms with Crippen molar-refractivity contribution in [3.8, 4) is 11.5 Å². The van der Waals surface area contributed by atoms with Crippen molar-refractivity contribution in [1.29, 1.82) is 0 Å². The lowest BCUT2D eigenvalue weighted by Crippen LogP contribution is -2.34. The van der Waals surface area contributed by atoms with Gasteiger partial charge < -0.3 is 14.6 Å². The lowest BCUT2D eigenvalue weighted by atomic mass is 10.1. The molecule has 1 atom stereocenters. The zero-order valence-electron chi connectivity index (χ0n) is 14.0. The lowest BCUT2D eigenvalue weighted by Gasteiger charge is -2.13. The fraction of sp³-hybridized carbons (Fsp3) is 0.389. The molecular weight excluding hydrogens is 325 g/mol. The van der Waals surface area contributed by atoms with E-state index < -0.39 is 0 Å². The summed E-state index contributed by atoms with van der Waals surface area (Å²) in [4.78, 5) is 29.8. The molecule has 0 spiro atoms. The van der Waals surface area contributed by atoms with Gasteiger partial charge in [0.15, 0.2) is 0 Å². The van der Waals surface area contributed by atoms with Crippen molar-refractivity contribution in [2.45, 2.75) is 19.8 Å². The van der Waals surface area contributed by atoms with Crippen molar-refractivity contribution >= 4 is 11.8 Å². The average Bonchev–Trinajstić information content (AvgIpc) is 3.22. The summed E-state index contributed by atoms with van der Waals surface area (Å²) in [6.07, 6.45) is 2.33. The predicted molar refractivity (Wildman–Crippen MR) is 89.0 cm³/mol. The summed E-state index contributed by atoms with van der Waals surface area (Å²) in [7, 11) is 0. The number of carbonyl (C=O) groups excluding carboxylic acids is 2. The van der Waals surface area contributed by atoms with Crippen molar-refractivity contribution in [2.75, 3.05) is 19.6 Å². The molecule has 1 N–H and O–H groups in total. The zero-order valence-corrected chi connectivity index (χ0v) is 14.0. The summed E-state index contributed by atoms with van der Waals surface area (Å²) < 4.78 is 18.3. The van der Waals surface area contributed by atoms with Gasteiger partial charge in [0.25, 0.3) is 0 Å². The Hall–Kier alpha value is -2.70. The van der Waals surface area contributed by atoms with Gasteiger partial charge in [0.05, 0.1) is 11.6 Å². The fourth-order valence-corrected chi connectivity index (χ4v) is 2.86. The van der Waals surface area contributed by atoms with Crippen molar-refractivity contribution in [3.05, 3.63) is 42.0 Å². The molecule has 0 radical (unpaired) electrons. The number of hydrogen-bond donors (Lipinski definition) is 1. The number of likely N-dealkylation sites (tertiary alicyclic amines) is 1. The molecule has 6 nitrogen and oxygen atoms in total. The molecule has 1 aromatic carbocycles. The summed E-state index contributed by atoms with van der Waals surface area (Å²) in [6.45, 7) is 3.44. The van der Waals surface area contributed by atoms with Gasteiger partial charge in [-0.15, -0.1) is 0 Å². The Morgan fingerprint density at radius 1 is 1.40 bits per heavy atom. The first-order chi connectivity index (χ1) is 12.1. The smallest absolute Gasteiger partial charge is 0.226 e. The number of hydrogen-bond acceptors (Lipinski definition) is 4. The largest absolute Gasteiger partial charge is 0.444 e. The predicted octanol–water partition coefficient (Wildman–Crippen LogP) is 2.01. The molecule has 2 aromatic rings. The molecule has 1 aromatic heterocycles. The van der Waals surface area contributed by atoms with Crippen LogP contribution in [-0.4, -0.2) is 41.3 Å². The van der Waals surface area contributed by atoms with E-state index >= 15 is 0 Å². The Kier molecular flexibility index (Phi) is 5.11. The van der Waals surface area contributed by atoms with Gasteiger partial charge in [0, 0.05) is 38.0 Å². The number of oxazole rings is 1. The Labute approximate surface area is 145 Å².